The highest BCUT2D eigenvalue weighted by molar-refractivity contribution is 6.19. The van der Waals surface area contributed by atoms with Crippen molar-refractivity contribution in [3.63, 3.8) is 0 Å². The van der Waals surface area contributed by atoms with Gasteiger partial charge in [-0.25, -0.2) is 0 Å². The normalized spacial score (nSPS) is 11.2. The Morgan fingerprint density at radius 2 is 1.36 bits per heavy atom. The molecule has 6 rings (SSSR count). The summed E-state index contributed by atoms with van der Waals surface area (Å²) in [7, 11) is 0. The molecule has 0 atom stereocenters. The van der Waals surface area contributed by atoms with Crippen molar-refractivity contribution in [2.75, 3.05) is 0 Å². The van der Waals surface area contributed by atoms with Crippen molar-refractivity contribution in [2.45, 2.75) is 26.2 Å². The van der Waals surface area contributed by atoms with E-state index in [2.05, 4.69) is 134 Å². The molecule has 2 heterocycles. The van der Waals surface area contributed by atoms with Crippen molar-refractivity contribution in [1.29, 1.82) is 0 Å². The number of allylic oxidation sites excluding steroid dienone is 5. The van der Waals surface area contributed by atoms with Gasteiger partial charge in [0.1, 0.15) is 0 Å². The number of hydrogen-bond donors (Lipinski definition) is 0. The standard InChI is InChI=1S/C36H30N2.C4H8/c1-5-8-9-10-16-25(4)37-33-20-13-11-18-28(33)30-24-36-31(23-35(30)37)29-19-12-14-21-34(29)38(36)32-22-15-17-26(6-2)27(32)7-3;1-3-4-2/h5-9,11-15,17-24H,1-4,10,16H2;3H,1,4H2,2H3/b9-8+;. The molecular weight excluding hydrogens is 508 g/mol. The molecule has 0 saturated heterocycles. The maximum absolute atomic E-state index is 4.51. The zero-order valence-corrected chi connectivity index (χ0v) is 24.5. The van der Waals surface area contributed by atoms with Gasteiger partial charge < -0.3 is 9.13 Å². The fourth-order valence-corrected chi connectivity index (χ4v) is 5.75. The second kappa shape index (κ2) is 12.6. The summed E-state index contributed by atoms with van der Waals surface area (Å²) in [4.78, 5) is 0. The van der Waals surface area contributed by atoms with Crippen LogP contribution in [0.1, 0.15) is 37.3 Å². The van der Waals surface area contributed by atoms with E-state index in [1.165, 1.54) is 43.6 Å². The Hall–Kier alpha value is -5.08. The first-order valence-electron chi connectivity index (χ1n) is 14.5. The Morgan fingerprint density at radius 3 is 2.02 bits per heavy atom. The predicted octanol–water partition coefficient (Wildman–Crippen LogP) is 11.8. The van der Waals surface area contributed by atoms with Crippen LogP contribution < -0.4 is 0 Å². The highest BCUT2D eigenvalue weighted by Gasteiger charge is 2.19. The third-order valence-electron chi connectivity index (χ3n) is 7.72. The number of hydrogen-bond acceptors (Lipinski definition) is 0. The maximum atomic E-state index is 4.51. The van der Waals surface area contributed by atoms with Gasteiger partial charge in [0, 0.05) is 32.8 Å². The van der Waals surface area contributed by atoms with Gasteiger partial charge in [0.25, 0.3) is 0 Å². The number of para-hydroxylation sites is 2. The number of benzene rings is 4. The van der Waals surface area contributed by atoms with Gasteiger partial charge in [0.2, 0.25) is 0 Å². The molecular formula is C40H38N2. The Balaban J connectivity index is 0.000000830. The van der Waals surface area contributed by atoms with Crippen molar-refractivity contribution in [2.24, 2.45) is 0 Å². The fourth-order valence-electron chi connectivity index (χ4n) is 5.75. The van der Waals surface area contributed by atoms with Crippen molar-refractivity contribution in [3.8, 4) is 5.69 Å². The molecule has 0 aliphatic heterocycles. The van der Waals surface area contributed by atoms with Crippen LogP contribution >= 0.6 is 0 Å². The van der Waals surface area contributed by atoms with E-state index in [9.17, 15) is 0 Å². The lowest BCUT2D eigenvalue weighted by Crippen LogP contribution is -1.98. The summed E-state index contributed by atoms with van der Waals surface area (Å²) in [5.74, 6) is 0. The summed E-state index contributed by atoms with van der Waals surface area (Å²) in [6.45, 7) is 22.0. The summed E-state index contributed by atoms with van der Waals surface area (Å²) in [5, 5.41) is 4.89. The van der Waals surface area contributed by atoms with E-state index in [0.717, 1.165) is 41.8 Å². The Morgan fingerprint density at radius 1 is 0.714 bits per heavy atom. The maximum Gasteiger partial charge on any atom is 0.0549 e. The minimum absolute atomic E-state index is 0.870. The first-order valence-corrected chi connectivity index (χ1v) is 14.5. The molecule has 2 aromatic heterocycles. The fraction of sp³-hybridized carbons (Fsp3) is 0.100. The topological polar surface area (TPSA) is 9.86 Å². The van der Waals surface area contributed by atoms with E-state index in [1.807, 2.05) is 30.4 Å². The summed E-state index contributed by atoms with van der Waals surface area (Å²) >= 11 is 0. The van der Waals surface area contributed by atoms with Crippen LogP contribution in [-0.2, 0) is 0 Å². The van der Waals surface area contributed by atoms with Crippen LogP contribution in [0, 0.1) is 0 Å². The monoisotopic (exact) mass is 546 g/mol. The zero-order valence-electron chi connectivity index (χ0n) is 24.5. The van der Waals surface area contributed by atoms with E-state index >= 15 is 0 Å². The Kier molecular flexibility index (Phi) is 8.55. The average Bonchev–Trinajstić information content (AvgIpc) is 3.53. The van der Waals surface area contributed by atoms with Crippen LogP contribution in [0.25, 0.3) is 67.1 Å². The minimum atomic E-state index is 0.870. The SMILES string of the molecule is C=C/C=C/CCC(=C)n1c2ccccc2c2cc3c(cc21)c1ccccc1n3-c1cccc(C=C)c1C=C.C=CCC. The zero-order chi connectivity index (χ0) is 29.6. The van der Waals surface area contributed by atoms with Crippen molar-refractivity contribution < 1.29 is 0 Å². The van der Waals surface area contributed by atoms with Gasteiger partial charge in [-0.15, -0.1) is 6.58 Å². The lowest BCUT2D eigenvalue weighted by molar-refractivity contribution is 0.997. The summed E-state index contributed by atoms with van der Waals surface area (Å²) in [6.07, 6.45) is 14.5. The molecule has 0 unspecified atom stereocenters. The molecule has 2 nitrogen and oxygen atoms in total. The number of rotatable bonds is 9. The summed E-state index contributed by atoms with van der Waals surface area (Å²) in [5.41, 5.74) is 9.05. The van der Waals surface area contributed by atoms with Crippen molar-refractivity contribution in [3.05, 3.63) is 147 Å². The average molecular weight is 547 g/mol. The van der Waals surface area contributed by atoms with Gasteiger partial charge in [-0.1, -0.05) is 118 Å². The molecule has 42 heavy (non-hydrogen) atoms. The third-order valence-corrected chi connectivity index (χ3v) is 7.72. The lowest BCUT2D eigenvalue weighted by atomic mass is 10.0. The summed E-state index contributed by atoms with van der Waals surface area (Å²) < 4.78 is 4.71. The Bertz CT molecular complexity index is 2000. The van der Waals surface area contributed by atoms with Crippen LogP contribution in [0.3, 0.4) is 0 Å². The molecule has 0 N–H and O–H groups in total. The van der Waals surface area contributed by atoms with E-state index < -0.39 is 0 Å². The second-order valence-electron chi connectivity index (χ2n) is 10.2. The van der Waals surface area contributed by atoms with Crippen LogP contribution in [-0.4, -0.2) is 9.13 Å². The molecule has 0 saturated carbocycles. The summed E-state index contributed by atoms with van der Waals surface area (Å²) in [6, 6.07) is 28.3. The molecule has 0 aliphatic carbocycles. The van der Waals surface area contributed by atoms with Crippen LogP contribution in [0.5, 0.6) is 0 Å². The van der Waals surface area contributed by atoms with Crippen molar-refractivity contribution in [1.82, 2.24) is 9.13 Å². The minimum Gasteiger partial charge on any atom is -0.314 e. The molecule has 6 aromatic rings. The molecule has 2 heteroatoms. The molecule has 0 fully saturated rings. The van der Waals surface area contributed by atoms with Crippen LogP contribution in [0.4, 0.5) is 0 Å². The van der Waals surface area contributed by atoms with Gasteiger partial charge in [-0.3, -0.25) is 0 Å². The first-order chi connectivity index (χ1) is 20.6. The molecule has 0 bridgehead atoms. The van der Waals surface area contributed by atoms with E-state index in [-0.39, 0.29) is 0 Å². The van der Waals surface area contributed by atoms with E-state index in [0.29, 0.717) is 0 Å². The molecule has 0 aliphatic rings. The smallest absolute Gasteiger partial charge is 0.0549 e. The van der Waals surface area contributed by atoms with Gasteiger partial charge in [0.05, 0.1) is 27.8 Å². The van der Waals surface area contributed by atoms with Crippen LogP contribution in [0.15, 0.2) is 136 Å². The highest BCUT2D eigenvalue weighted by atomic mass is 15.0. The highest BCUT2D eigenvalue weighted by Crippen LogP contribution is 2.40. The molecule has 0 spiro atoms. The first kappa shape index (κ1) is 28.4. The van der Waals surface area contributed by atoms with Gasteiger partial charge in [0.15, 0.2) is 0 Å². The lowest BCUT2D eigenvalue weighted by Gasteiger charge is -2.14. The van der Waals surface area contributed by atoms with Crippen molar-refractivity contribution >= 4 is 61.5 Å². The molecule has 0 radical (unpaired) electrons. The second-order valence-corrected chi connectivity index (χ2v) is 10.2. The van der Waals surface area contributed by atoms with Gasteiger partial charge >= 0.3 is 0 Å². The molecule has 0 amide bonds. The number of fused-ring (bicyclic) bond motifs is 6. The van der Waals surface area contributed by atoms with E-state index in [1.54, 1.807) is 0 Å². The third kappa shape index (κ3) is 4.97. The van der Waals surface area contributed by atoms with Crippen LogP contribution in [0.2, 0.25) is 0 Å². The van der Waals surface area contributed by atoms with E-state index in [4.69, 9.17) is 0 Å². The number of nitrogens with zero attached hydrogens (tertiary/aromatic N) is 2. The van der Waals surface area contributed by atoms with Gasteiger partial charge in [-0.05, 0) is 55.2 Å². The quantitative estimate of drug-likeness (QED) is 0.126. The predicted molar refractivity (Wildman–Crippen MR) is 188 cm³/mol. The molecule has 208 valence electrons. The molecule has 4 aromatic carbocycles. The van der Waals surface area contributed by atoms with Gasteiger partial charge in [-0.2, -0.15) is 0 Å². The Labute approximate surface area is 249 Å². The largest absolute Gasteiger partial charge is 0.314 e. The number of aromatic nitrogens is 2.